The summed E-state index contributed by atoms with van der Waals surface area (Å²) < 4.78 is 10.8. The highest BCUT2D eigenvalue weighted by Gasteiger charge is 2.28. The number of methoxy groups -OCH3 is 2. The Morgan fingerprint density at radius 3 is 2.56 bits per heavy atom. The SMILES string of the molecule is COc1ccc([C@H]2CC(=O)Nc3ccc4ccccc4c32)cc1OC. The van der Waals surface area contributed by atoms with Gasteiger partial charge in [-0.05, 0) is 40.1 Å². The highest BCUT2D eigenvalue weighted by molar-refractivity contribution is 6.01. The van der Waals surface area contributed by atoms with Crippen LogP contribution in [-0.4, -0.2) is 20.1 Å². The average Bonchev–Trinajstić information content (AvgIpc) is 2.66. The van der Waals surface area contributed by atoms with Crippen molar-refractivity contribution in [2.24, 2.45) is 0 Å². The second-order valence-corrected chi connectivity index (χ2v) is 6.17. The fourth-order valence-corrected chi connectivity index (χ4v) is 3.62. The number of rotatable bonds is 3. The second-order valence-electron chi connectivity index (χ2n) is 6.17. The molecule has 4 nitrogen and oxygen atoms in total. The maximum absolute atomic E-state index is 12.3. The van der Waals surface area contributed by atoms with E-state index in [1.54, 1.807) is 14.2 Å². The summed E-state index contributed by atoms with van der Waals surface area (Å²) in [6.45, 7) is 0. The van der Waals surface area contributed by atoms with Gasteiger partial charge in [0.15, 0.2) is 11.5 Å². The minimum absolute atomic E-state index is 0.0188. The molecule has 0 fully saturated rings. The van der Waals surface area contributed by atoms with Gasteiger partial charge in [0.2, 0.25) is 5.91 Å². The van der Waals surface area contributed by atoms with E-state index in [2.05, 4.69) is 17.4 Å². The van der Waals surface area contributed by atoms with Crippen LogP contribution in [0.3, 0.4) is 0 Å². The molecular formula is C21H19NO3. The third kappa shape index (κ3) is 2.60. The van der Waals surface area contributed by atoms with E-state index in [9.17, 15) is 4.79 Å². The summed E-state index contributed by atoms with van der Waals surface area (Å²) in [6.07, 6.45) is 0.413. The molecule has 25 heavy (non-hydrogen) atoms. The van der Waals surface area contributed by atoms with E-state index in [1.165, 1.54) is 10.8 Å². The van der Waals surface area contributed by atoms with Gasteiger partial charge in [-0.2, -0.15) is 0 Å². The number of anilines is 1. The van der Waals surface area contributed by atoms with Crippen molar-refractivity contribution < 1.29 is 14.3 Å². The molecule has 0 spiro atoms. The summed E-state index contributed by atoms with van der Waals surface area (Å²) in [5, 5.41) is 5.34. The fourth-order valence-electron chi connectivity index (χ4n) is 3.62. The van der Waals surface area contributed by atoms with Crippen LogP contribution in [0.25, 0.3) is 10.8 Å². The Morgan fingerprint density at radius 1 is 0.960 bits per heavy atom. The molecule has 4 heteroatoms. The van der Waals surface area contributed by atoms with E-state index in [0.29, 0.717) is 17.9 Å². The van der Waals surface area contributed by atoms with E-state index in [0.717, 1.165) is 16.8 Å². The summed E-state index contributed by atoms with van der Waals surface area (Å²) in [4.78, 5) is 12.3. The molecule has 1 aliphatic heterocycles. The highest BCUT2D eigenvalue weighted by atomic mass is 16.5. The number of amides is 1. The highest BCUT2D eigenvalue weighted by Crippen LogP contribution is 2.43. The van der Waals surface area contributed by atoms with Crippen LogP contribution in [0.5, 0.6) is 11.5 Å². The molecule has 1 heterocycles. The van der Waals surface area contributed by atoms with E-state index in [4.69, 9.17) is 9.47 Å². The first-order valence-electron chi connectivity index (χ1n) is 8.24. The van der Waals surface area contributed by atoms with Crippen LogP contribution < -0.4 is 14.8 Å². The van der Waals surface area contributed by atoms with Crippen LogP contribution in [0.4, 0.5) is 5.69 Å². The minimum Gasteiger partial charge on any atom is -0.493 e. The molecule has 3 aromatic rings. The third-order valence-electron chi connectivity index (χ3n) is 4.79. The standard InChI is InChI=1S/C21H19NO3/c1-24-18-10-8-14(11-19(18)25-2)16-12-20(23)22-17-9-7-13-5-3-4-6-15(13)21(16)17/h3-11,16H,12H2,1-2H3,(H,22,23)/t16-/m1/s1. The number of benzene rings is 3. The van der Waals surface area contributed by atoms with Crippen LogP contribution in [0.1, 0.15) is 23.5 Å². The summed E-state index contributed by atoms with van der Waals surface area (Å²) in [7, 11) is 3.24. The maximum Gasteiger partial charge on any atom is 0.225 e. The zero-order valence-corrected chi connectivity index (χ0v) is 14.2. The molecule has 0 radical (unpaired) electrons. The monoisotopic (exact) mass is 333 g/mol. The van der Waals surface area contributed by atoms with Crippen LogP contribution in [0.2, 0.25) is 0 Å². The molecule has 1 N–H and O–H groups in total. The van der Waals surface area contributed by atoms with Gasteiger partial charge in [0, 0.05) is 18.0 Å². The van der Waals surface area contributed by atoms with Gasteiger partial charge in [-0.3, -0.25) is 4.79 Å². The fraction of sp³-hybridized carbons (Fsp3) is 0.190. The number of ether oxygens (including phenoxy) is 2. The predicted molar refractivity (Wildman–Crippen MR) is 98.6 cm³/mol. The molecular weight excluding hydrogens is 314 g/mol. The number of hydrogen-bond donors (Lipinski definition) is 1. The van der Waals surface area contributed by atoms with E-state index in [1.807, 2.05) is 42.5 Å². The largest absolute Gasteiger partial charge is 0.493 e. The van der Waals surface area contributed by atoms with Crippen molar-refractivity contribution in [2.45, 2.75) is 12.3 Å². The summed E-state index contributed by atoms with van der Waals surface area (Å²) in [6, 6.07) is 18.2. The molecule has 0 bridgehead atoms. The molecule has 1 atom stereocenters. The van der Waals surface area contributed by atoms with Crippen molar-refractivity contribution in [1.82, 2.24) is 0 Å². The van der Waals surface area contributed by atoms with E-state index >= 15 is 0 Å². The minimum atomic E-state index is -0.0188. The van der Waals surface area contributed by atoms with Crippen molar-refractivity contribution >= 4 is 22.4 Å². The maximum atomic E-state index is 12.3. The van der Waals surface area contributed by atoms with Crippen LogP contribution in [0.15, 0.2) is 54.6 Å². The smallest absolute Gasteiger partial charge is 0.225 e. The van der Waals surface area contributed by atoms with Crippen molar-refractivity contribution in [1.29, 1.82) is 0 Å². The summed E-state index contributed by atoms with van der Waals surface area (Å²) in [5.41, 5.74) is 3.09. The zero-order valence-electron chi connectivity index (χ0n) is 14.2. The van der Waals surface area contributed by atoms with Crippen LogP contribution in [0, 0.1) is 0 Å². The summed E-state index contributed by atoms with van der Waals surface area (Å²) >= 11 is 0. The van der Waals surface area contributed by atoms with Gasteiger partial charge in [0.1, 0.15) is 0 Å². The van der Waals surface area contributed by atoms with Crippen LogP contribution in [-0.2, 0) is 4.79 Å². The number of carbonyl (C=O) groups excluding carboxylic acids is 1. The lowest BCUT2D eigenvalue weighted by Crippen LogP contribution is -2.23. The first-order valence-corrected chi connectivity index (χ1v) is 8.24. The Bertz CT molecular complexity index is 965. The molecule has 0 aromatic heterocycles. The van der Waals surface area contributed by atoms with Gasteiger partial charge >= 0.3 is 0 Å². The molecule has 0 saturated carbocycles. The van der Waals surface area contributed by atoms with Gasteiger partial charge < -0.3 is 14.8 Å². The molecule has 126 valence electrons. The average molecular weight is 333 g/mol. The van der Waals surface area contributed by atoms with Gasteiger partial charge in [0.25, 0.3) is 0 Å². The van der Waals surface area contributed by atoms with Crippen molar-refractivity contribution in [3.63, 3.8) is 0 Å². The van der Waals surface area contributed by atoms with Gasteiger partial charge in [-0.15, -0.1) is 0 Å². The molecule has 0 saturated heterocycles. The number of carbonyl (C=O) groups is 1. The Balaban J connectivity index is 1.92. The van der Waals surface area contributed by atoms with E-state index < -0.39 is 0 Å². The quantitative estimate of drug-likeness (QED) is 0.776. The van der Waals surface area contributed by atoms with Crippen molar-refractivity contribution in [3.8, 4) is 11.5 Å². The zero-order chi connectivity index (χ0) is 17.4. The van der Waals surface area contributed by atoms with Crippen molar-refractivity contribution in [2.75, 3.05) is 19.5 Å². The first kappa shape index (κ1) is 15.5. The second kappa shape index (κ2) is 6.13. The van der Waals surface area contributed by atoms with Gasteiger partial charge in [0.05, 0.1) is 14.2 Å². The summed E-state index contributed by atoms with van der Waals surface area (Å²) in [5.74, 6) is 1.37. The Kier molecular flexibility index (Phi) is 3.80. The lowest BCUT2D eigenvalue weighted by atomic mass is 9.82. The lowest BCUT2D eigenvalue weighted by molar-refractivity contribution is -0.116. The van der Waals surface area contributed by atoms with Crippen molar-refractivity contribution in [3.05, 3.63) is 65.7 Å². The molecule has 0 unspecified atom stereocenters. The normalized spacial score (nSPS) is 16.2. The molecule has 1 aliphatic rings. The van der Waals surface area contributed by atoms with Crippen LogP contribution >= 0.6 is 0 Å². The topological polar surface area (TPSA) is 47.6 Å². The molecule has 4 rings (SSSR count). The Labute approximate surface area is 146 Å². The first-order chi connectivity index (χ1) is 12.2. The predicted octanol–water partition coefficient (Wildman–Crippen LogP) is 4.33. The van der Waals surface area contributed by atoms with Gasteiger partial charge in [-0.1, -0.05) is 36.4 Å². The molecule has 0 aliphatic carbocycles. The third-order valence-corrected chi connectivity index (χ3v) is 4.79. The Hall–Kier alpha value is -3.01. The van der Waals surface area contributed by atoms with Gasteiger partial charge in [-0.25, -0.2) is 0 Å². The number of hydrogen-bond acceptors (Lipinski definition) is 3. The molecule has 1 amide bonds. The number of fused-ring (bicyclic) bond motifs is 3. The lowest BCUT2D eigenvalue weighted by Gasteiger charge is -2.28. The Morgan fingerprint density at radius 2 is 1.76 bits per heavy atom. The van der Waals surface area contributed by atoms with E-state index in [-0.39, 0.29) is 11.8 Å². The number of nitrogens with one attached hydrogen (secondary N) is 1. The molecule has 3 aromatic carbocycles.